The summed E-state index contributed by atoms with van der Waals surface area (Å²) in [4.78, 5) is 4.32. The Morgan fingerprint density at radius 2 is 2.06 bits per heavy atom. The smallest absolute Gasteiger partial charge is 0.229 e. The van der Waals surface area contributed by atoms with Crippen molar-refractivity contribution in [2.75, 3.05) is 0 Å². The summed E-state index contributed by atoms with van der Waals surface area (Å²) in [6.07, 6.45) is 0. The van der Waals surface area contributed by atoms with E-state index in [1.165, 1.54) is 0 Å². The molecule has 96 valence electrons. The first-order chi connectivity index (χ1) is 8.49. The largest absolute Gasteiger partial charge is 0.339 e. The summed E-state index contributed by atoms with van der Waals surface area (Å²) in [5, 5.41) is 3.94. The van der Waals surface area contributed by atoms with Crippen molar-refractivity contribution in [2.24, 2.45) is 5.73 Å². The average molecular weight is 310 g/mol. The molecule has 1 aromatic heterocycles. The van der Waals surface area contributed by atoms with Gasteiger partial charge in [-0.15, -0.1) is 0 Å². The third-order valence-corrected chi connectivity index (χ3v) is 3.66. The zero-order valence-electron chi connectivity index (χ0n) is 10.6. The molecule has 0 aliphatic carbocycles. The molecule has 0 aliphatic rings. The number of aryl methyl sites for hydroxylation is 1. The van der Waals surface area contributed by atoms with E-state index in [9.17, 15) is 0 Å². The normalized spacial score (nSPS) is 13.0. The van der Waals surface area contributed by atoms with Gasteiger partial charge >= 0.3 is 0 Å². The number of hydrogen-bond acceptors (Lipinski definition) is 4. The lowest BCUT2D eigenvalue weighted by Crippen LogP contribution is -2.14. The molecular formula is C13H16BrN3O. The fourth-order valence-corrected chi connectivity index (χ4v) is 1.87. The monoisotopic (exact) mass is 309 g/mol. The highest BCUT2D eigenvalue weighted by atomic mass is 79.9. The Bertz CT molecular complexity index is 551. The van der Waals surface area contributed by atoms with E-state index >= 15 is 0 Å². The van der Waals surface area contributed by atoms with Crippen molar-refractivity contribution in [1.82, 2.24) is 10.1 Å². The van der Waals surface area contributed by atoms with Crippen molar-refractivity contribution >= 4 is 15.9 Å². The Morgan fingerprint density at radius 1 is 1.33 bits per heavy atom. The summed E-state index contributed by atoms with van der Waals surface area (Å²) >= 11 is 3.47. The van der Waals surface area contributed by atoms with Gasteiger partial charge < -0.3 is 10.3 Å². The molecule has 2 aromatic rings. The lowest BCUT2D eigenvalue weighted by molar-refractivity contribution is 0.359. The van der Waals surface area contributed by atoms with Crippen LogP contribution in [0.15, 0.2) is 27.2 Å². The molecule has 0 saturated carbocycles. The van der Waals surface area contributed by atoms with Crippen LogP contribution in [0.2, 0.25) is 0 Å². The van der Waals surface area contributed by atoms with Crippen LogP contribution >= 0.6 is 15.9 Å². The van der Waals surface area contributed by atoms with Crippen LogP contribution in [0.4, 0.5) is 0 Å². The van der Waals surface area contributed by atoms with Crippen molar-refractivity contribution in [3.63, 3.8) is 0 Å². The van der Waals surface area contributed by atoms with E-state index in [4.69, 9.17) is 10.3 Å². The lowest BCUT2D eigenvalue weighted by atomic mass is 10.0. The van der Waals surface area contributed by atoms with Crippen LogP contribution in [0, 0.1) is 6.92 Å². The summed E-state index contributed by atoms with van der Waals surface area (Å²) in [7, 11) is 0. The van der Waals surface area contributed by atoms with Crippen LogP contribution in [0.5, 0.6) is 0 Å². The molecule has 2 rings (SSSR count). The molecule has 1 heterocycles. The van der Waals surface area contributed by atoms with Crippen LogP contribution in [0.3, 0.4) is 0 Å². The Kier molecular flexibility index (Phi) is 3.82. The second kappa shape index (κ2) is 5.20. The molecule has 4 nitrogen and oxygen atoms in total. The number of hydrogen-bond donors (Lipinski definition) is 1. The molecule has 1 atom stereocenters. The Hall–Kier alpha value is -1.20. The summed E-state index contributed by atoms with van der Waals surface area (Å²) in [5.74, 6) is 1.36. The molecule has 5 heteroatoms. The van der Waals surface area contributed by atoms with Crippen LogP contribution < -0.4 is 5.73 Å². The number of aromatic nitrogens is 2. The lowest BCUT2D eigenvalue weighted by Gasteiger charge is -2.09. The van der Waals surface area contributed by atoms with Crippen molar-refractivity contribution in [1.29, 1.82) is 0 Å². The predicted octanol–water partition coefficient (Wildman–Crippen LogP) is 3.31. The first-order valence-corrected chi connectivity index (χ1v) is 6.63. The molecule has 0 spiro atoms. The minimum absolute atomic E-state index is 0.213. The molecule has 2 N–H and O–H groups in total. The van der Waals surface area contributed by atoms with Gasteiger partial charge in [-0.05, 0) is 24.1 Å². The van der Waals surface area contributed by atoms with Gasteiger partial charge in [0.15, 0.2) is 5.82 Å². The topological polar surface area (TPSA) is 64.9 Å². The molecule has 0 aliphatic heterocycles. The fourth-order valence-electron chi connectivity index (χ4n) is 1.62. The molecule has 0 bridgehead atoms. The number of nitrogens with zero attached hydrogens (tertiary/aromatic N) is 2. The molecule has 0 amide bonds. The number of halogens is 1. The standard InChI is InChI=1S/C13H16BrN3O/c1-7(2)13-16-12(17-18-13)11(15)9-4-5-10(14)8(3)6-9/h4-7,11H,15H2,1-3H3. The van der Waals surface area contributed by atoms with Crippen LogP contribution in [0.25, 0.3) is 0 Å². The first kappa shape index (κ1) is 13.2. The number of rotatable bonds is 3. The third-order valence-electron chi connectivity index (χ3n) is 2.77. The fraction of sp³-hybridized carbons (Fsp3) is 0.385. The van der Waals surface area contributed by atoms with Gasteiger partial charge in [-0.1, -0.05) is 47.1 Å². The first-order valence-electron chi connectivity index (χ1n) is 5.84. The zero-order valence-corrected chi connectivity index (χ0v) is 12.2. The second-order valence-electron chi connectivity index (χ2n) is 4.63. The molecule has 1 unspecified atom stereocenters. The Labute approximate surface area is 115 Å². The van der Waals surface area contributed by atoms with Gasteiger partial charge in [0.25, 0.3) is 0 Å². The molecule has 18 heavy (non-hydrogen) atoms. The average Bonchev–Trinajstić information content (AvgIpc) is 2.81. The highest BCUT2D eigenvalue weighted by molar-refractivity contribution is 9.10. The van der Waals surface area contributed by atoms with E-state index in [1.54, 1.807) is 0 Å². The Morgan fingerprint density at radius 3 is 2.61 bits per heavy atom. The van der Waals surface area contributed by atoms with Gasteiger partial charge in [0.2, 0.25) is 5.89 Å². The quantitative estimate of drug-likeness (QED) is 0.944. The van der Waals surface area contributed by atoms with Gasteiger partial charge in [0, 0.05) is 10.4 Å². The highest BCUT2D eigenvalue weighted by Gasteiger charge is 2.18. The van der Waals surface area contributed by atoms with Gasteiger partial charge in [-0.25, -0.2) is 0 Å². The predicted molar refractivity (Wildman–Crippen MR) is 73.3 cm³/mol. The van der Waals surface area contributed by atoms with Crippen molar-refractivity contribution in [3.8, 4) is 0 Å². The summed E-state index contributed by atoms with van der Waals surface area (Å²) in [6, 6.07) is 5.62. The third kappa shape index (κ3) is 2.62. The molecule has 1 aromatic carbocycles. The molecule has 0 radical (unpaired) electrons. The molecule has 0 fully saturated rings. The van der Waals surface area contributed by atoms with E-state index in [1.807, 2.05) is 39.0 Å². The van der Waals surface area contributed by atoms with Gasteiger partial charge in [0.05, 0.1) is 6.04 Å². The SMILES string of the molecule is Cc1cc(C(N)c2noc(C(C)C)n2)ccc1Br. The van der Waals surface area contributed by atoms with E-state index in [0.717, 1.165) is 15.6 Å². The van der Waals surface area contributed by atoms with E-state index in [-0.39, 0.29) is 12.0 Å². The summed E-state index contributed by atoms with van der Waals surface area (Å²) in [6.45, 7) is 6.04. The van der Waals surface area contributed by atoms with E-state index < -0.39 is 0 Å². The van der Waals surface area contributed by atoms with E-state index in [0.29, 0.717) is 11.7 Å². The maximum absolute atomic E-state index is 6.15. The van der Waals surface area contributed by atoms with E-state index in [2.05, 4.69) is 26.1 Å². The number of benzene rings is 1. The second-order valence-corrected chi connectivity index (χ2v) is 5.49. The maximum Gasteiger partial charge on any atom is 0.229 e. The minimum atomic E-state index is -0.354. The van der Waals surface area contributed by atoms with Gasteiger partial charge in [-0.2, -0.15) is 4.98 Å². The van der Waals surface area contributed by atoms with Crippen molar-refractivity contribution in [2.45, 2.75) is 32.7 Å². The minimum Gasteiger partial charge on any atom is -0.339 e. The van der Waals surface area contributed by atoms with Crippen LogP contribution in [-0.4, -0.2) is 10.1 Å². The maximum atomic E-state index is 6.15. The highest BCUT2D eigenvalue weighted by Crippen LogP contribution is 2.23. The van der Waals surface area contributed by atoms with Gasteiger partial charge in [0.1, 0.15) is 0 Å². The Balaban J connectivity index is 2.29. The van der Waals surface area contributed by atoms with Crippen molar-refractivity contribution in [3.05, 3.63) is 45.5 Å². The van der Waals surface area contributed by atoms with Crippen molar-refractivity contribution < 1.29 is 4.52 Å². The van der Waals surface area contributed by atoms with Crippen LogP contribution in [-0.2, 0) is 0 Å². The zero-order chi connectivity index (χ0) is 13.3. The number of nitrogens with two attached hydrogens (primary N) is 1. The molecule has 0 saturated heterocycles. The molecular weight excluding hydrogens is 294 g/mol. The summed E-state index contributed by atoms with van der Waals surface area (Å²) < 4.78 is 6.24. The van der Waals surface area contributed by atoms with Crippen LogP contribution in [0.1, 0.15) is 48.6 Å². The summed E-state index contributed by atoms with van der Waals surface area (Å²) in [5.41, 5.74) is 8.26. The van der Waals surface area contributed by atoms with Gasteiger partial charge in [-0.3, -0.25) is 0 Å².